The number of pyridine rings is 1. The molecule has 1 aromatic heterocycles. The molecule has 2 aliphatic rings. The van der Waals surface area contributed by atoms with Gasteiger partial charge in [-0.25, -0.2) is 9.98 Å². The Kier molecular flexibility index (Phi) is 5.31. The Labute approximate surface area is 180 Å². The van der Waals surface area contributed by atoms with Crippen LogP contribution in [0.5, 0.6) is 0 Å². The fourth-order valence-corrected chi connectivity index (χ4v) is 4.58. The van der Waals surface area contributed by atoms with Crippen LogP contribution in [0.2, 0.25) is 5.15 Å². The van der Waals surface area contributed by atoms with Crippen LogP contribution >= 0.6 is 23.4 Å². The topological polar surface area (TPSA) is 103 Å². The average Bonchev–Trinajstić information content (AvgIpc) is 3.17. The fraction of sp³-hybridized carbons (Fsp3) is 0.150. The number of anilines is 1. The maximum absolute atomic E-state index is 13.1. The van der Waals surface area contributed by atoms with Crippen LogP contribution in [-0.4, -0.2) is 51.0 Å². The van der Waals surface area contributed by atoms with Crippen molar-refractivity contribution in [2.75, 3.05) is 18.0 Å². The van der Waals surface area contributed by atoms with Crippen molar-refractivity contribution >= 4 is 63.3 Å². The second-order valence-electron chi connectivity index (χ2n) is 6.37. The van der Waals surface area contributed by atoms with E-state index in [0.717, 1.165) is 16.7 Å². The van der Waals surface area contributed by atoms with Gasteiger partial charge in [0.25, 0.3) is 11.8 Å². The van der Waals surface area contributed by atoms with Gasteiger partial charge in [0.15, 0.2) is 10.3 Å². The normalized spacial score (nSPS) is 19.7. The monoisotopic (exact) mass is 442 g/mol. The average molecular weight is 443 g/mol. The van der Waals surface area contributed by atoms with Crippen molar-refractivity contribution in [2.45, 2.75) is 6.92 Å². The molecular weight excluding hydrogens is 428 g/mol. The number of likely N-dealkylation sites (N-methyl/N-ethyl adjacent to an activating group) is 1. The summed E-state index contributed by atoms with van der Waals surface area (Å²) < 4.78 is 0. The summed E-state index contributed by atoms with van der Waals surface area (Å²) in [4.78, 5) is 48.8. The van der Waals surface area contributed by atoms with E-state index in [1.807, 2.05) is 0 Å². The van der Waals surface area contributed by atoms with E-state index in [1.165, 1.54) is 11.1 Å². The van der Waals surface area contributed by atoms with E-state index in [1.54, 1.807) is 43.3 Å². The van der Waals surface area contributed by atoms with Crippen LogP contribution in [-0.2, 0) is 14.4 Å². The molecule has 0 atom stereocenters. The minimum absolute atomic E-state index is 0.183. The van der Waals surface area contributed by atoms with Gasteiger partial charge in [-0.3, -0.25) is 24.2 Å². The van der Waals surface area contributed by atoms with E-state index in [2.05, 4.69) is 9.98 Å². The van der Waals surface area contributed by atoms with Crippen LogP contribution in [0.3, 0.4) is 0 Å². The predicted octanol–water partition coefficient (Wildman–Crippen LogP) is 3.16. The van der Waals surface area contributed by atoms with Crippen molar-refractivity contribution in [1.82, 2.24) is 9.88 Å². The third-order valence-electron chi connectivity index (χ3n) is 4.58. The number of hydrogen-bond acceptors (Lipinski definition) is 6. The number of fused-ring (bicyclic) bond motifs is 1. The minimum atomic E-state index is -1.14. The first kappa shape index (κ1) is 20.1. The summed E-state index contributed by atoms with van der Waals surface area (Å²) in [7, 11) is 0. The Balaban J connectivity index is 1.83. The number of carbonyl (C=O) groups excluding carboxylic acids is 2. The Hall–Kier alpha value is -3.17. The van der Waals surface area contributed by atoms with Gasteiger partial charge in [0.05, 0.1) is 16.2 Å². The molecule has 0 bridgehead atoms. The summed E-state index contributed by atoms with van der Waals surface area (Å²) in [5.74, 6) is -2.03. The highest BCUT2D eigenvalue weighted by atomic mass is 35.5. The number of carboxylic acids is 1. The molecule has 1 fully saturated rings. The number of carbonyl (C=O) groups is 3. The highest BCUT2D eigenvalue weighted by molar-refractivity contribution is 8.18. The smallest absolute Gasteiger partial charge is 0.323 e. The van der Waals surface area contributed by atoms with E-state index in [-0.39, 0.29) is 21.5 Å². The maximum atomic E-state index is 13.1. The first-order valence-electron chi connectivity index (χ1n) is 8.98. The molecule has 0 spiro atoms. The second kappa shape index (κ2) is 7.92. The summed E-state index contributed by atoms with van der Waals surface area (Å²) >= 11 is 7.16. The van der Waals surface area contributed by atoms with Crippen molar-refractivity contribution in [3.05, 3.63) is 58.2 Å². The minimum Gasteiger partial charge on any atom is -0.480 e. The van der Waals surface area contributed by atoms with E-state index in [9.17, 15) is 19.5 Å². The Bertz CT molecular complexity index is 1150. The molecule has 0 aliphatic carbocycles. The SMILES string of the molecule is CCN1C(=O)/C(=C2/C(=O)N(CC(=O)O)c3ccccc32)SC1=Nc1cccnc1Cl. The van der Waals surface area contributed by atoms with Crippen molar-refractivity contribution in [3.63, 3.8) is 0 Å². The van der Waals surface area contributed by atoms with Gasteiger partial charge in [-0.2, -0.15) is 0 Å². The number of nitrogens with zero attached hydrogens (tertiary/aromatic N) is 4. The molecule has 0 saturated carbocycles. The summed E-state index contributed by atoms with van der Waals surface area (Å²) in [5.41, 5.74) is 1.58. The molecular formula is C20H15ClN4O4S. The second-order valence-corrected chi connectivity index (χ2v) is 7.70. The van der Waals surface area contributed by atoms with Gasteiger partial charge in [-0.15, -0.1) is 0 Å². The number of rotatable bonds is 4. The van der Waals surface area contributed by atoms with Gasteiger partial charge in [-0.05, 0) is 36.9 Å². The number of halogens is 1. The maximum Gasteiger partial charge on any atom is 0.323 e. The third-order valence-corrected chi connectivity index (χ3v) is 5.95. The van der Waals surface area contributed by atoms with E-state index < -0.39 is 18.4 Å². The summed E-state index contributed by atoms with van der Waals surface area (Å²) in [6.45, 7) is 1.65. The molecule has 8 nitrogen and oxygen atoms in total. The van der Waals surface area contributed by atoms with Gasteiger partial charge in [0.2, 0.25) is 0 Å². The zero-order chi connectivity index (χ0) is 21.4. The van der Waals surface area contributed by atoms with Crippen molar-refractivity contribution in [3.8, 4) is 0 Å². The highest BCUT2D eigenvalue weighted by Gasteiger charge is 2.42. The molecule has 10 heteroatoms. The first-order valence-corrected chi connectivity index (χ1v) is 10.2. The zero-order valence-corrected chi connectivity index (χ0v) is 17.3. The van der Waals surface area contributed by atoms with Gasteiger partial charge in [0.1, 0.15) is 12.2 Å². The number of aliphatic imine (C=N–C) groups is 1. The quantitative estimate of drug-likeness (QED) is 0.576. The van der Waals surface area contributed by atoms with Gasteiger partial charge >= 0.3 is 5.97 Å². The molecule has 1 aromatic carbocycles. The number of amidine groups is 1. The lowest BCUT2D eigenvalue weighted by Gasteiger charge is -2.13. The lowest BCUT2D eigenvalue weighted by atomic mass is 10.1. The molecule has 0 radical (unpaired) electrons. The van der Waals surface area contributed by atoms with Crippen LogP contribution in [0.4, 0.5) is 11.4 Å². The summed E-state index contributed by atoms with van der Waals surface area (Å²) in [6, 6.07) is 10.2. The van der Waals surface area contributed by atoms with Crippen molar-refractivity contribution < 1.29 is 19.5 Å². The molecule has 2 amide bonds. The summed E-state index contributed by atoms with van der Waals surface area (Å²) in [6.07, 6.45) is 1.54. The molecule has 0 unspecified atom stereocenters. The Morgan fingerprint density at radius 3 is 2.63 bits per heavy atom. The standard InChI is InChI=1S/C20H15ClN4O4S/c1-2-24-19(29)16(30-20(24)23-12-7-5-9-22-17(12)21)15-11-6-3-4-8-13(11)25(18(15)28)10-14(26)27/h3-9H,2,10H2,1H3,(H,26,27)/b16-15-,23-20?. The molecule has 4 rings (SSSR count). The first-order chi connectivity index (χ1) is 14.4. The highest BCUT2D eigenvalue weighted by Crippen LogP contribution is 2.44. The number of benzene rings is 1. The molecule has 3 heterocycles. The number of carboxylic acid groups (broad SMARTS) is 1. The number of thioether (sulfide) groups is 1. The number of aliphatic carboxylic acids is 1. The number of hydrogen-bond donors (Lipinski definition) is 1. The lowest BCUT2D eigenvalue weighted by Crippen LogP contribution is -2.33. The predicted molar refractivity (Wildman–Crippen MR) is 115 cm³/mol. The molecule has 152 valence electrons. The number of aromatic nitrogens is 1. The van der Waals surface area contributed by atoms with Crippen LogP contribution in [0.1, 0.15) is 12.5 Å². The van der Waals surface area contributed by atoms with Crippen LogP contribution in [0.25, 0.3) is 5.57 Å². The van der Waals surface area contributed by atoms with Gasteiger partial charge in [-0.1, -0.05) is 29.8 Å². The fourth-order valence-electron chi connectivity index (χ4n) is 3.28. The largest absolute Gasteiger partial charge is 0.480 e. The van der Waals surface area contributed by atoms with Crippen molar-refractivity contribution in [1.29, 1.82) is 0 Å². The molecule has 30 heavy (non-hydrogen) atoms. The van der Waals surface area contributed by atoms with Gasteiger partial charge in [0, 0.05) is 18.3 Å². The Morgan fingerprint density at radius 1 is 1.17 bits per heavy atom. The molecule has 2 aromatic rings. The van der Waals surface area contributed by atoms with Gasteiger partial charge < -0.3 is 5.11 Å². The van der Waals surface area contributed by atoms with E-state index in [0.29, 0.717) is 28.7 Å². The van der Waals surface area contributed by atoms with Crippen LogP contribution in [0, 0.1) is 0 Å². The molecule has 2 aliphatic heterocycles. The number of para-hydroxylation sites is 1. The lowest BCUT2D eigenvalue weighted by molar-refractivity contribution is -0.136. The van der Waals surface area contributed by atoms with E-state index in [4.69, 9.17) is 11.6 Å². The van der Waals surface area contributed by atoms with Crippen LogP contribution < -0.4 is 4.90 Å². The van der Waals surface area contributed by atoms with Crippen LogP contribution in [0.15, 0.2) is 52.5 Å². The van der Waals surface area contributed by atoms with Crippen molar-refractivity contribution in [2.24, 2.45) is 4.99 Å². The molecule has 1 saturated heterocycles. The number of amides is 2. The zero-order valence-electron chi connectivity index (χ0n) is 15.7. The Morgan fingerprint density at radius 2 is 1.93 bits per heavy atom. The molecule has 1 N–H and O–H groups in total. The third kappa shape index (κ3) is 3.35. The summed E-state index contributed by atoms with van der Waals surface area (Å²) in [5, 5.41) is 9.78. The van der Waals surface area contributed by atoms with E-state index >= 15 is 0 Å².